The Morgan fingerprint density at radius 1 is 1.20 bits per heavy atom. The van der Waals surface area contributed by atoms with Crippen molar-refractivity contribution in [3.8, 4) is 0 Å². The molecule has 1 aromatic carbocycles. The van der Waals surface area contributed by atoms with Crippen LogP contribution in [0.4, 0.5) is 11.4 Å². The van der Waals surface area contributed by atoms with Crippen LogP contribution >= 0.6 is 0 Å². The molecule has 0 amide bonds. The minimum absolute atomic E-state index is 0. The molecule has 0 spiro atoms. The third-order valence-corrected chi connectivity index (χ3v) is 2.87. The molecule has 0 saturated heterocycles. The number of aromatic nitrogens is 2. The largest absolute Gasteiger partial charge is 1.00 e. The summed E-state index contributed by atoms with van der Waals surface area (Å²) < 4.78 is 0. The fraction of sp³-hybridized carbons (Fsp3) is 0. The molecule has 3 aromatic rings. The third kappa shape index (κ3) is 2.94. The van der Waals surface area contributed by atoms with E-state index < -0.39 is 5.97 Å². The molecule has 0 aliphatic carbocycles. The number of nitrogens with zero attached hydrogens (tertiary/aromatic N) is 1. The van der Waals surface area contributed by atoms with Crippen LogP contribution in [0.1, 0.15) is 11.9 Å². The Bertz CT molecular complexity index is 746. The summed E-state index contributed by atoms with van der Waals surface area (Å²) in [4.78, 5) is 18.1. The van der Waals surface area contributed by atoms with Crippen LogP contribution in [0.25, 0.3) is 10.9 Å². The van der Waals surface area contributed by atoms with Crippen molar-refractivity contribution in [2.75, 3.05) is 5.32 Å². The van der Waals surface area contributed by atoms with Crippen molar-refractivity contribution >= 4 is 28.2 Å². The Hall–Kier alpha value is -1.18. The molecule has 6 heteroatoms. The number of rotatable bonds is 3. The van der Waals surface area contributed by atoms with Crippen molar-refractivity contribution in [2.24, 2.45) is 0 Å². The molecule has 96 valence electrons. The van der Waals surface area contributed by atoms with E-state index >= 15 is 0 Å². The molecule has 0 fully saturated rings. The van der Waals surface area contributed by atoms with Crippen molar-refractivity contribution in [1.29, 1.82) is 0 Å². The summed E-state index contributed by atoms with van der Waals surface area (Å²) >= 11 is 0. The number of carbonyl (C=O) groups is 1. The van der Waals surface area contributed by atoms with Crippen LogP contribution in [0.15, 0.2) is 48.8 Å². The summed E-state index contributed by atoms with van der Waals surface area (Å²) in [7, 11) is 0. The van der Waals surface area contributed by atoms with E-state index in [1.807, 2.05) is 24.3 Å². The van der Waals surface area contributed by atoms with Crippen LogP contribution in [0, 0.1) is 0 Å². The summed E-state index contributed by atoms with van der Waals surface area (Å²) in [6, 6.07) is 11.0. The summed E-state index contributed by atoms with van der Waals surface area (Å²) in [5, 5.41) is 13.2. The number of anilines is 2. The molecule has 3 N–H and O–H groups in total. The van der Waals surface area contributed by atoms with E-state index in [-0.39, 0.29) is 58.5 Å². The van der Waals surface area contributed by atoms with Crippen molar-refractivity contribution in [1.82, 2.24) is 9.97 Å². The molecule has 0 saturated carbocycles. The number of benzene rings is 1. The predicted molar refractivity (Wildman–Crippen MR) is 73.9 cm³/mol. The van der Waals surface area contributed by atoms with Gasteiger partial charge in [-0.15, -0.1) is 0 Å². The van der Waals surface area contributed by atoms with Gasteiger partial charge in [-0.05, 0) is 18.2 Å². The number of pyridine rings is 1. The van der Waals surface area contributed by atoms with Gasteiger partial charge in [-0.1, -0.05) is 18.2 Å². The summed E-state index contributed by atoms with van der Waals surface area (Å²) in [6.07, 6.45) is 3.30. The average molecular weight is 293 g/mol. The molecule has 20 heavy (non-hydrogen) atoms. The van der Waals surface area contributed by atoms with Crippen molar-refractivity contribution in [3.05, 3.63) is 54.5 Å². The average Bonchev–Trinajstić information content (AvgIpc) is 2.79. The molecular weight excluding hydrogens is 281 g/mol. The van der Waals surface area contributed by atoms with Crippen LogP contribution < -0.4 is 56.7 Å². The van der Waals surface area contributed by atoms with Gasteiger partial charge in [0.1, 0.15) is 5.69 Å². The smallest absolute Gasteiger partial charge is 1.00 e. The fourth-order valence-corrected chi connectivity index (χ4v) is 2.01. The Labute approximate surface area is 159 Å². The molecule has 0 atom stereocenters. The normalized spacial score (nSPS) is 10.0. The first-order valence-corrected chi connectivity index (χ1v) is 5.77. The Balaban J connectivity index is 0.00000110. The number of fused-ring (bicyclic) bond motifs is 1. The third-order valence-electron chi connectivity index (χ3n) is 2.87. The SMILES string of the molecule is O=C(O)c1[nH]c2ccccc2c1Nc1ccncc1.[H-].[K+]. The van der Waals surface area contributed by atoms with Crippen LogP contribution in [0.5, 0.6) is 0 Å². The standard InChI is InChI=1S/C14H11N3O2.K.H/c18-14(19)13-12(16-9-5-7-15-8-6-9)10-3-1-2-4-11(10)17-13;;/h1-8,17H,(H,15,16)(H,18,19);;/q;+1;-1. The van der Waals surface area contributed by atoms with E-state index in [2.05, 4.69) is 15.3 Å². The maximum Gasteiger partial charge on any atom is 1.00 e. The zero-order valence-corrected chi connectivity index (χ0v) is 14.0. The zero-order valence-electron chi connectivity index (χ0n) is 11.9. The predicted octanol–water partition coefficient (Wildman–Crippen LogP) is 0.121. The minimum Gasteiger partial charge on any atom is -1.00 e. The van der Waals surface area contributed by atoms with Crippen molar-refractivity contribution in [2.45, 2.75) is 0 Å². The minimum atomic E-state index is -0.993. The van der Waals surface area contributed by atoms with Gasteiger partial charge in [0.25, 0.3) is 0 Å². The van der Waals surface area contributed by atoms with Gasteiger partial charge >= 0.3 is 57.4 Å². The molecule has 2 aromatic heterocycles. The number of nitrogens with one attached hydrogen (secondary N) is 2. The molecule has 0 radical (unpaired) electrons. The molecule has 0 bridgehead atoms. The molecular formula is C14H12KN3O2. The molecule has 2 heterocycles. The topological polar surface area (TPSA) is 78.0 Å². The van der Waals surface area contributed by atoms with Gasteiger partial charge in [-0.25, -0.2) is 4.79 Å². The number of carboxylic acids is 1. The monoisotopic (exact) mass is 293 g/mol. The summed E-state index contributed by atoms with van der Waals surface area (Å²) in [6.45, 7) is 0. The van der Waals surface area contributed by atoms with Crippen LogP contribution in [0.3, 0.4) is 0 Å². The Morgan fingerprint density at radius 2 is 1.90 bits per heavy atom. The Kier molecular flexibility index (Phi) is 4.95. The van der Waals surface area contributed by atoms with Crippen LogP contribution in [0.2, 0.25) is 0 Å². The van der Waals surface area contributed by atoms with Gasteiger partial charge in [0.05, 0.1) is 5.69 Å². The second kappa shape index (κ2) is 6.51. The van der Waals surface area contributed by atoms with E-state index in [1.54, 1.807) is 24.5 Å². The van der Waals surface area contributed by atoms with Crippen LogP contribution in [-0.2, 0) is 0 Å². The molecule has 0 aliphatic heterocycles. The van der Waals surface area contributed by atoms with E-state index in [4.69, 9.17) is 0 Å². The van der Waals surface area contributed by atoms with Crippen molar-refractivity contribution in [3.63, 3.8) is 0 Å². The van der Waals surface area contributed by atoms with E-state index in [0.717, 1.165) is 16.6 Å². The second-order valence-electron chi connectivity index (χ2n) is 4.09. The number of hydrogen-bond donors (Lipinski definition) is 3. The van der Waals surface area contributed by atoms with Gasteiger partial charge in [0.2, 0.25) is 0 Å². The number of carboxylic acid groups (broad SMARTS) is 1. The van der Waals surface area contributed by atoms with Gasteiger partial charge in [0, 0.05) is 29.0 Å². The van der Waals surface area contributed by atoms with E-state index in [9.17, 15) is 9.90 Å². The van der Waals surface area contributed by atoms with Gasteiger partial charge in [-0.2, -0.15) is 0 Å². The molecule has 5 nitrogen and oxygen atoms in total. The second-order valence-corrected chi connectivity index (χ2v) is 4.09. The van der Waals surface area contributed by atoms with Gasteiger partial charge in [0.15, 0.2) is 0 Å². The van der Waals surface area contributed by atoms with Gasteiger partial charge < -0.3 is 16.8 Å². The number of hydrogen-bond acceptors (Lipinski definition) is 3. The number of aromatic carboxylic acids is 1. The number of para-hydroxylation sites is 1. The first kappa shape index (κ1) is 15.2. The van der Waals surface area contributed by atoms with Crippen LogP contribution in [-0.4, -0.2) is 21.0 Å². The quantitative estimate of drug-likeness (QED) is 0.600. The van der Waals surface area contributed by atoms with Crippen molar-refractivity contribution < 1.29 is 62.7 Å². The van der Waals surface area contributed by atoms with E-state index in [1.165, 1.54) is 0 Å². The zero-order chi connectivity index (χ0) is 13.2. The first-order valence-electron chi connectivity index (χ1n) is 5.77. The molecule has 0 aliphatic rings. The van der Waals surface area contributed by atoms with Gasteiger partial charge in [-0.3, -0.25) is 4.98 Å². The molecule has 3 rings (SSSR count). The Morgan fingerprint density at radius 3 is 2.60 bits per heavy atom. The summed E-state index contributed by atoms with van der Waals surface area (Å²) in [5.74, 6) is -0.993. The molecule has 0 unspecified atom stereocenters. The fourth-order valence-electron chi connectivity index (χ4n) is 2.01. The first-order chi connectivity index (χ1) is 9.25. The number of aromatic amines is 1. The maximum absolute atomic E-state index is 11.3. The summed E-state index contributed by atoms with van der Waals surface area (Å²) in [5.41, 5.74) is 2.30. The maximum atomic E-state index is 11.3. The number of H-pyrrole nitrogens is 1. The van der Waals surface area contributed by atoms with E-state index in [0.29, 0.717) is 5.69 Å².